The van der Waals surface area contributed by atoms with Crippen LogP contribution in [0.1, 0.15) is 11.5 Å². The number of aromatic nitrogens is 5. The van der Waals surface area contributed by atoms with Crippen molar-refractivity contribution in [3.8, 4) is 11.4 Å². The van der Waals surface area contributed by atoms with Crippen molar-refractivity contribution in [1.29, 1.82) is 0 Å². The minimum absolute atomic E-state index is 0.203. The molecule has 0 unspecified atom stereocenters. The molecule has 7 nitrogen and oxygen atoms in total. The Labute approximate surface area is 118 Å². The molecular weight excluding hydrogens is 278 g/mol. The molecule has 0 aliphatic rings. The maximum atomic E-state index is 9.30. The summed E-state index contributed by atoms with van der Waals surface area (Å²) in [6, 6.07) is 6.68. The van der Waals surface area contributed by atoms with Gasteiger partial charge in [-0.05, 0) is 41.6 Å². The van der Waals surface area contributed by atoms with E-state index in [1.165, 1.54) is 18.2 Å². The number of thioether (sulfide) groups is 1. The van der Waals surface area contributed by atoms with Crippen LogP contribution >= 0.6 is 11.8 Å². The summed E-state index contributed by atoms with van der Waals surface area (Å²) in [5, 5.41) is 21.6. The lowest BCUT2D eigenvalue weighted by Crippen LogP contribution is -1.99. The Balaban J connectivity index is 1.80. The lowest BCUT2D eigenvalue weighted by atomic mass is 10.3. The Hall–Kier alpha value is -2.35. The second-order valence-corrected chi connectivity index (χ2v) is 4.98. The zero-order valence-corrected chi connectivity index (χ0v) is 11.4. The fraction of sp³-hybridized carbons (Fsp3) is 0.167. The predicted molar refractivity (Wildman–Crippen MR) is 71.6 cm³/mol. The molecular formula is C12H11N5O2S. The van der Waals surface area contributed by atoms with Gasteiger partial charge in [0.1, 0.15) is 11.5 Å². The molecule has 1 aromatic carbocycles. The number of oxazole rings is 1. The number of rotatable bonds is 4. The molecule has 102 valence electrons. The second kappa shape index (κ2) is 5.33. The van der Waals surface area contributed by atoms with E-state index in [0.29, 0.717) is 10.9 Å². The standard InChI is InChI=1S/C12H11N5O2S/c1-8-11(13-7-19-8)6-20-12-14-15-16-17(12)9-2-4-10(18)5-3-9/h2-5,7,18H,6H2,1H3. The Morgan fingerprint density at radius 1 is 1.30 bits per heavy atom. The van der Waals surface area contributed by atoms with E-state index in [0.717, 1.165) is 17.1 Å². The molecule has 0 atom stereocenters. The number of aromatic hydroxyl groups is 1. The summed E-state index contributed by atoms with van der Waals surface area (Å²) in [7, 11) is 0. The van der Waals surface area contributed by atoms with Crippen molar-refractivity contribution in [2.24, 2.45) is 0 Å². The second-order valence-electron chi connectivity index (χ2n) is 4.03. The SMILES string of the molecule is Cc1ocnc1CSc1nnnn1-c1ccc(O)cc1. The van der Waals surface area contributed by atoms with Gasteiger partial charge in [0.25, 0.3) is 0 Å². The summed E-state index contributed by atoms with van der Waals surface area (Å²) < 4.78 is 6.76. The third kappa shape index (κ3) is 2.50. The number of hydrogen-bond acceptors (Lipinski definition) is 7. The van der Waals surface area contributed by atoms with E-state index in [-0.39, 0.29) is 5.75 Å². The minimum atomic E-state index is 0.203. The third-order valence-electron chi connectivity index (χ3n) is 2.72. The molecule has 0 saturated heterocycles. The van der Waals surface area contributed by atoms with Crippen LogP contribution in [-0.4, -0.2) is 30.3 Å². The van der Waals surface area contributed by atoms with Crippen molar-refractivity contribution in [3.63, 3.8) is 0 Å². The fourth-order valence-corrected chi connectivity index (χ4v) is 2.53. The van der Waals surface area contributed by atoms with E-state index < -0.39 is 0 Å². The zero-order chi connectivity index (χ0) is 13.9. The summed E-state index contributed by atoms with van der Waals surface area (Å²) in [5.41, 5.74) is 1.66. The maximum absolute atomic E-state index is 9.30. The highest BCUT2D eigenvalue weighted by molar-refractivity contribution is 7.98. The summed E-state index contributed by atoms with van der Waals surface area (Å²) in [4.78, 5) is 4.13. The topological polar surface area (TPSA) is 89.9 Å². The van der Waals surface area contributed by atoms with Crippen LogP contribution in [0, 0.1) is 6.92 Å². The first-order valence-electron chi connectivity index (χ1n) is 5.83. The number of tetrazole rings is 1. The van der Waals surface area contributed by atoms with Crippen molar-refractivity contribution in [2.45, 2.75) is 17.8 Å². The van der Waals surface area contributed by atoms with Gasteiger partial charge in [0, 0.05) is 5.75 Å². The monoisotopic (exact) mass is 289 g/mol. The van der Waals surface area contributed by atoms with Gasteiger partial charge in [-0.15, -0.1) is 5.10 Å². The average Bonchev–Trinajstić information content (AvgIpc) is 3.06. The Bertz CT molecular complexity index is 707. The molecule has 0 amide bonds. The normalized spacial score (nSPS) is 10.8. The molecule has 3 rings (SSSR count). The van der Waals surface area contributed by atoms with Crippen LogP contribution in [0.2, 0.25) is 0 Å². The number of phenols is 1. The van der Waals surface area contributed by atoms with Crippen molar-refractivity contribution in [2.75, 3.05) is 0 Å². The number of benzene rings is 1. The Morgan fingerprint density at radius 3 is 2.80 bits per heavy atom. The van der Waals surface area contributed by atoms with Crippen LogP contribution in [0.15, 0.2) is 40.2 Å². The van der Waals surface area contributed by atoms with Gasteiger partial charge in [0.15, 0.2) is 6.39 Å². The smallest absolute Gasteiger partial charge is 0.214 e. The Morgan fingerprint density at radius 2 is 2.10 bits per heavy atom. The molecule has 0 fully saturated rings. The number of aryl methyl sites for hydroxylation is 1. The van der Waals surface area contributed by atoms with Gasteiger partial charge >= 0.3 is 0 Å². The summed E-state index contributed by atoms with van der Waals surface area (Å²) >= 11 is 1.47. The average molecular weight is 289 g/mol. The molecule has 0 bridgehead atoms. The van der Waals surface area contributed by atoms with E-state index in [1.54, 1.807) is 28.9 Å². The van der Waals surface area contributed by atoms with Gasteiger partial charge in [0.05, 0.1) is 11.4 Å². The van der Waals surface area contributed by atoms with Crippen LogP contribution in [0.4, 0.5) is 0 Å². The first-order valence-corrected chi connectivity index (χ1v) is 6.82. The first-order chi connectivity index (χ1) is 9.74. The van der Waals surface area contributed by atoms with E-state index in [1.807, 2.05) is 6.92 Å². The first kappa shape index (κ1) is 12.7. The van der Waals surface area contributed by atoms with Gasteiger partial charge in [-0.3, -0.25) is 0 Å². The van der Waals surface area contributed by atoms with Crippen molar-refractivity contribution in [1.82, 2.24) is 25.2 Å². The van der Waals surface area contributed by atoms with Crippen LogP contribution < -0.4 is 0 Å². The van der Waals surface area contributed by atoms with Crippen molar-refractivity contribution >= 4 is 11.8 Å². The van der Waals surface area contributed by atoms with Crippen LogP contribution in [0.5, 0.6) is 5.75 Å². The van der Waals surface area contributed by atoms with E-state index in [4.69, 9.17) is 4.42 Å². The molecule has 2 heterocycles. The molecule has 3 aromatic rings. The lowest BCUT2D eigenvalue weighted by molar-refractivity contribution is 0.475. The van der Waals surface area contributed by atoms with E-state index in [9.17, 15) is 5.11 Å². The van der Waals surface area contributed by atoms with Gasteiger partial charge in [-0.2, -0.15) is 4.68 Å². The molecule has 2 aromatic heterocycles. The number of phenolic OH excluding ortho intramolecular Hbond substituents is 1. The van der Waals surface area contributed by atoms with Gasteiger partial charge in [-0.1, -0.05) is 11.8 Å². The molecule has 8 heteroatoms. The molecule has 0 aliphatic carbocycles. The van der Waals surface area contributed by atoms with Crippen LogP contribution in [-0.2, 0) is 5.75 Å². The van der Waals surface area contributed by atoms with Gasteiger partial charge in [0.2, 0.25) is 5.16 Å². The third-order valence-corrected chi connectivity index (χ3v) is 3.65. The maximum Gasteiger partial charge on any atom is 0.214 e. The van der Waals surface area contributed by atoms with Crippen molar-refractivity contribution < 1.29 is 9.52 Å². The molecule has 0 saturated carbocycles. The predicted octanol–water partition coefficient (Wildman–Crippen LogP) is 1.96. The van der Waals surface area contributed by atoms with Gasteiger partial charge < -0.3 is 9.52 Å². The highest BCUT2D eigenvalue weighted by Crippen LogP contribution is 2.23. The molecule has 0 spiro atoms. The lowest BCUT2D eigenvalue weighted by Gasteiger charge is -2.03. The largest absolute Gasteiger partial charge is 0.508 e. The minimum Gasteiger partial charge on any atom is -0.508 e. The Kier molecular flexibility index (Phi) is 3.38. The molecule has 0 radical (unpaired) electrons. The molecule has 1 N–H and O–H groups in total. The van der Waals surface area contributed by atoms with Gasteiger partial charge in [-0.25, -0.2) is 4.98 Å². The highest BCUT2D eigenvalue weighted by Gasteiger charge is 2.11. The van der Waals surface area contributed by atoms with Crippen LogP contribution in [0.3, 0.4) is 0 Å². The number of hydrogen-bond donors (Lipinski definition) is 1. The highest BCUT2D eigenvalue weighted by atomic mass is 32.2. The summed E-state index contributed by atoms with van der Waals surface area (Å²) in [6.07, 6.45) is 1.42. The summed E-state index contributed by atoms with van der Waals surface area (Å²) in [6.45, 7) is 1.87. The fourth-order valence-electron chi connectivity index (χ4n) is 1.62. The quantitative estimate of drug-likeness (QED) is 0.734. The van der Waals surface area contributed by atoms with E-state index in [2.05, 4.69) is 20.5 Å². The number of nitrogens with zero attached hydrogens (tertiary/aromatic N) is 5. The van der Waals surface area contributed by atoms with Crippen molar-refractivity contribution in [3.05, 3.63) is 42.1 Å². The van der Waals surface area contributed by atoms with Crippen LogP contribution in [0.25, 0.3) is 5.69 Å². The summed E-state index contributed by atoms with van der Waals surface area (Å²) in [5.74, 6) is 1.62. The molecule has 0 aliphatic heterocycles. The van der Waals surface area contributed by atoms with E-state index >= 15 is 0 Å². The molecule has 20 heavy (non-hydrogen) atoms. The zero-order valence-electron chi connectivity index (χ0n) is 10.6.